The molecule has 1 heterocycles. The van der Waals surface area contributed by atoms with Crippen molar-refractivity contribution in [1.82, 2.24) is 20.9 Å². The highest BCUT2D eigenvalue weighted by molar-refractivity contribution is 14.0. The molecule has 0 spiro atoms. The maximum absolute atomic E-state index is 13.6. The molecule has 0 saturated heterocycles. The quantitative estimate of drug-likeness (QED) is 0.211. The molecule has 0 aliphatic carbocycles. The van der Waals surface area contributed by atoms with Gasteiger partial charge in [-0.3, -0.25) is 9.79 Å². The van der Waals surface area contributed by atoms with Crippen LogP contribution in [0.15, 0.2) is 23.2 Å². The van der Waals surface area contributed by atoms with Crippen LogP contribution in [-0.2, 0) is 6.42 Å². The molecule has 0 unspecified atom stereocenters. The van der Waals surface area contributed by atoms with Crippen LogP contribution in [0.1, 0.15) is 38.4 Å². The first kappa shape index (κ1) is 25.3. The van der Waals surface area contributed by atoms with Gasteiger partial charge in [0, 0.05) is 43.0 Å². The monoisotopic (exact) mass is 533 g/mol. The molecule has 9 heteroatoms. The number of hydrogen-bond donors (Lipinski definition) is 3. The summed E-state index contributed by atoms with van der Waals surface area (Å²) in [6.07, 6.45) is 0.797. The highest BCUT2D eigenvalue weighted by Gasteiger charge is 2.08. The van der Waals surface area contributed by atoms with Gasteiger partial charge in [-0.05, 0) is 45.4 Å². The normalized spacial score (nSPS) is 11.0. The number of hydrogen-bond acceptors (Lipinski definition) is 4. The highest BCUT2D eigenvalue weighted by Crippen LogP contribution is 2.16. The summed E-state index contributed by atoms with van der Waals surface area (Å²) in [5, 5.41) is 10.2. The van der Waals surface area contributed by atoms with E-state index in [1.807, 2.05) is 13.8 Å². The average molecular weight is 533 g/mol. The molecule has 0 aliphatic rings. The Bertz CT molecular complexity index is 821. The molecule has 1 amide bonds. The Morgan fingerprint density at radius 1 is 1.17 bits per heavy atom. The van der Waals surface area contributed by atoms with E-state index in [9.17, 15) is 9.18 Å². The lowest BCUT2D eigenvalue weighted by Crippen LogP contribution is -2.41. The van der Waals surface area contributed by atoms with Crippen LogP contribution in [0.4, 0.5) is 4.39 Å². The van der Waals surface area contributed by atoms with Crippen LogP contribution in [0, 0.1) is 26.6 Å². The Morgan fingerprint density at radius 2 is 1.90 bits per heavy atom. The molecule has 3 N–H and O–H groups in total. The smallest absolute Gasteiger partial charge is 0.251 e. The molecule has 160 valence electrons. The number of carbonyl (C=O) groups excluding carboxylic acids is 1. The Balaban J connectivity index is 0.00000420. The molecule has 1 aromatic carbocycles. The van der Waals surface area contributed by atoms with E-state index in [2.05, 4.69) is 32.9 Å². The fourth-order valence-corrected chi connectivity index (χ4v) is 3.37. The van der Waals surface area contributed by atoms with Crippen molar-refractivity contribution < 1.29 is 9.18 Å². The number of halogens is 2. The van der Waals surface area contributed by atoms with Gasteiger partial charge in [0.15, 0.2) is 5.96 Å². The van der Waals surface area contributed by atoms with E-state index in [4.69, 9.17) is 0 Å². The second-order valence-corrected chi connectivity index (χ2v) is 7.69. The maximum atomic E-state index is 13.6. The summed E-state index contributed by atoms with van der Waals surface area (Å²) in [5.41, 5.74) is 1.92. The van der Waals surface area contributed by atoms with E-state index >= 15 is 0 Å². The number of amides is 1. The molecule has 2 aromatic rings. The topological polar surface area (TPSA) is 78.4 Å². The van der Waals surface area contributed by atoms with Crippen LogP contribution in [0.5, 0.6) is 0 Å². The third-order valence-electron chi connectivity index (χ3n) is 4.15. The van der Waals surface area contributed by atoms with Gasteiger partial charge >= 0.3 is 0 Å². The first-order chi connectivity index (χ1) is 13.4. The summed E-state index contributed by atoms with van der Waals surface area (Å²) in [7, 11) is 0. The van der Waals surface area contributed by atoms with Crippen LogP contribution >= 0.6 is 35.3 Å². The zero-order valence-corrected chi connectivity index (χ0v) is 20.4. The lowest BCUT2D eigenvalue weighted by atomic mass is 10.1. The number of guanidine groups is 1. The lowest BCUT2D eigenvalue weighted by Gasteiger charge is -2.12. The molecule has 29 heavy (non-hydrogen) atoms. The summed E-state index contributed by atoms with van der Waals surface area (Å²) >= 11 is 1.71. The second-order valence-electron chi connectivity index (χ2n) is 6.41. The van der Waals surface area contributed by atoms with Crippen molar-refractivity contribution in [1.29, 1.82) is 0 Å². The lowest BCUT2D eigenvalue weighted by molar-refractivity contribution is 0.0954. The summed E-state index contributed by atoms with van der Waals surface area (Å²) in [6, 6.07) is 4.48. The van der Waals surface area contributed by atoms with Crippen molar-refractivity contribution in [3.05, 3.63) is 50.7 Å². The molecule has 0 aliphatic heterocycles. The Kier molecular flexibility index (Phi) is 11.1. The molecule has 0 atom stereocenters. The van der Waals surface area contributed by atoms with Crippen molar-refractivity contribution in [2.75, 3.05) is 26.2 Å². The number of rotatable bonds is 8. The molecule has 1 aromatic heterocycles. The summed E-state index contributed by atoms with van der Waals surface area (Å²) in [4.78, 5) is 22.4. The Labute approximate surface area is 192 Å². The van der Waals surface area contributed by atoms with E-state index in [-0.39, 0.29) is 35.7 Å². The van der Waals surface area contributed by atoms with E-state index < -0.39 is 0 Å². The van der Waals surface area contributed by atoms with E-state index in [0.717, 1.165) is 23.7 Å². The first-order valence-corrected chi connectivity index (χ1v) is 10.2. The van der Waals surface area contributed by atoms with Crippen LogP contribution in [0.3, 0.4) is 0 Å². The molecular weight excluding hydrogens is 504 g/mol. The number of carbonyl (C=O) groups is 1. The number of aromatic nitrogens is 1. The molecule has 6 nitrogen and oxygen atoms in total. The molecule has 0 bridgehead atoms. The van der Waals surface area contributed by atoms with E-state index in [1.54, 1.807) is 30.4 Å². The summed E-state index contributed by atoms with van der Waals surface area (Å²) < 4.78 is 13.6. The fourth-order valence-electron chi connectivity index (χ4n) is 2.44. The SMILES string of the molecule is CCNC(=NCCc1nc(C)c(C)s1)NCCNC(=O)c1ccc(C)c(F)c1.I. The summed E-state index contributed by atoms with van der Waals surface area (Å²) in [5.74, 6) is 0.0261. The minimum Gasteiger partial charge on any atom is -0.357 e. The number of benzene rings is 1. The van der Waals surface area contributed by atoms with Crippen LogP contribution in [-0.4, -0.2) is 43.0 Å². The van der Waals surface area contributed by atoms with E-state index in [1.165, 1.54) is 10.9 Å². The number of thiazole rings is 1. The minimum atomic E-state index is -0.377. The number of nitrogens with one attached hydrogen (secondary N) is 3. The van der Waals surface area contributed by atoms with Crippen LogP contribution < -0.4 is 16.0 Å². The van der Waals surface area contributed by atoms with Gasteiger partial charge in [0.05, 0.1) is 10.7 Å². The van der Waals surface area contributed by atoms with E-state index in [0.29, 0.717) is 36.7 Å². The standard InChI is InChI=1S/C20H28FN5OS.HI/c1-5-22-20(24-9-8-18-26-14(3)15(4)28-18)25-11-10-23-19(27)16-7-6-13(2)17(21)12-16;/h6-7,12H,5,8-11H2,1-4H3,(H,23,27)(H2,22,24,25);1H. The molecule has 0 radical (unpaired) electrons. The molecule has 0 fully saturated rings. The predicted octanol–water partition coefficient (Wildman–Crippen LogP) is 3.35. The van der Waals surface area contributed by atoms with Gasteiger partial charge in [0.1, 0.15) is 5.82 Å². The molecular formula is C20H29FIN5OS. The highest BCUT2D eigenvalue weighted by atomic mass is 127. The minimum absolute atomic E-state index is 0. The van der Waals surface area contributed by atoms with Crippen molar-refractivity contribution in [2.45, 2.75) is 34.1 Å². The molecule has 2 rings (SSSR count). The first-order valence-electron chi connectivity index (χ1n) is 9.40. The van der Waals surface area contributed by atoms with Gasteiger partial charge in [-0.25, -0.2) is 9.37 Å². The van der Waals surface area contributed by atoms with Gasteiger partial charge in [-0.15, -0.1) is 35.3 Å². The van der Waals surface area contributed by atoms with Crippen molar-refractivity contribution in [2.24, 2.45) is 4.99 Å². The van der Waals surface area contributed by atoms with Crippen LogP contribution in [0.25, 0.3) is 0 Å². The van der Waals surface area contributed by atoms with Gasteiger partial charge in [0.25, 0.3) is 5.91 Å². The summed E-state index contributed by atoms with van der Waals surface area (Å²) in [6.45, 7) is 10.1. The zero-order valence-electron chi connectivity index (χ0n) is 17.3. The van der Waals surface area contributed by atoms with Gasteiger partial charge in [-0.2, -0.15) is 0 Å². The number of nitrogens with zero attached hydrogens (tertiary/aromatic N) is 2. The average Bonchev–Trinajstić information content (AvgIpc) is 2.98. The van der Waals surface area contributed by atoms with Crippen molar-refractivity contribution >= 4 is 47.2 Å². The van der Waals surface area contributed by atoms with Crippen molar-refractivity contribution in [3.8, 4) is 0 Å². The fraction of sp³-hybridized carbons (Fsp3) is 0.450. The van der Waals surface area contributed by atoms with Gasteiger partial charge < -0.3 is 16.0 Å². The van der Waals surface area contributed by atoms with Gasteiger partial charge in [0.2, 0.25) is 0 Å². The predicted molar refractivity (Wildman–Crippen MR) is 128 cm³/mol. The Hall–Kier alpha value is -1.75. The third-order valence-corrected chi connectivity index (χ3v) is 5.28. The largest absolute Gasteiger partial charge is 0.357 e. The third kappa shape index (κ3) is 8.25. The second kappa shape index (κ2) is 12.7. The zero-order chi connectivity index (χ0) is 20.5. The van der Waals surface area contributed by atoms with Crippen LogP contribution in [0.2, 0.25) is 0 Å². The Morgan fingerprint density at radius 3 is 2.52 bits per heavy atom. The van der Waals surface area contributed by atoms with Gasteiger partial charge in [-0.1, -0.05) is 6.07 Å². The number of aryl methyl sites for hydroxylation is 3. The van der Waals surface area contributed by atoms with Crippen molar-refractivity contribution in [3.63, 3.8) is 0 Å². The number of aliphatic imine (C=N–C) groups is 1. The maximum Gasteiger partial charge on any atom is 0.251 e. The molecule has 0 saturated carbocycles.